The predicted octanol–water partition coefficient (Wildman–Crippen LogP) is 4.35. The van der Waals surface area contributed by atoms with E-state index >= 15 is 0 Å². The molecule has 1 unspecified atom stereocenters. The molecule has 0 fully saturated rings. The molecule has 1 atom stereocenters. The van der Waals surface area contributed by atoms with Gasteiger partial charge in [0.15, 0.2) is 0 Å². The van der Waals surface area contributed by atoms with Crippen molar-refractivity contribution in [2.45, 2.75) is 52.5 Å². The van der Waals surface area contributed by atoms with Crippen LogP contribution in [0.5, 0.6) is 0 Å². The minimum absolute atomic E-state index is 0.0895. The molecular formula is C22H28N2O2. The molecule has 0 aliphatic heterocycles. The zero-order chi connectivity index (χ0) is 18.9. The van der Waals surface area contributed by atoms with Crippen molar-refractivity contribution in [1.82, 2.24) is 5.32 Å². The van der Waals surface area contributed by atoms with Crippen molar-refractivity contribution in [1.29, 1.82) is 0 Å². The third-order valence-electron chi connectivity index (χ3n) is 4.51. The summed E-state index contributed by atoms with van der Waals surface area (Å²) in [4.78, 5) is 24.7. The molecule has 2 aromatic rings. The number of rotatable bonds is 8. The Labute approximate surface area is 156 Å². The molecule has 0 saturated heterocycles. The van der Waals surface area contributed by atoms with Gasteiger partial charge in [0.2, 0.25) is 5.91 Å². The molecule has 0 spiro atoms. The molecule has 4 nitrogen and oxygen atoms in total. The van der Waals surface area contributed by atoms with Gasteiger partial charge in [-0.1, -0.05) is 50.2 Å². The van der Waals surface area contributed by atoms with E-state index in [1.165, 1.54) is 5.56 Å². The van der Waals surface area contributed by atoms with E-state index in [-0.39, 0.29) is 17.9 Å². The standard InChI is InChI=1S/C22H28N2O2/c1-4-16(3)23-22(26)19-8-6-7-9-20(19)24-21(25)15-14-18-12-10-17(5-2)11-13-18/h6-13,16H,4-5,14-15H2,1-3H3,(H,23,26)(H,24,25). The number of hydrogen-bond donors (Lipinski definition) is 2. The molecule has 2 rings (SSSR count). The number of nitrogens with one attached hydrogen (secondary N) is 2. The normalized spacial score (nSPS) is 11.7. The predicted molar refractivity (Wildman–Crippen MR) is 106 cm³/mol. The molecule has 0 heterocycles. The highest BCUT2D eigenvalue weighted by Crippen LogP contribution is 2.16. The van der Waals surface area contributed by atoms with Crippen LogP contribution >= 0.6 is 0 Å². The van der Waals surface area contributed by atoms with Crippen molar-refractivity contribution in [3.63, 3.8) is 0 Å². The summed E-state index contributed by atoms with van der Waals surface area (Å²) in [6.45, 7) is 6.10. The zero-order valence-electron chi connectivity index (χ0n) is 15.8. The quantitative estimate of drug-likeness (QED) is 0.742. The molecule has 0 aliphatic carbocycles. The van der Waals surface area contributed by atoms with Crippen molar-refractivity contribution in [2.75, 3.05) is 5.32 Å². The summed E-state index contributed by atoms with van der Waals surface area (Å²) >= 11 is 0. The van der Waals surface area contributed by atoms with Gasteiger partial charge in [-0.3, -0.25) is 9.59 Å². The van der Waals surface area contributed by atoms with Crippen LogP contribution in [0.2, 0.25) is 0 Å². The number of amides is 2. The molecule has 0 aromatic heterocycles. The molecule has 2 amide bonds. The van der Waals surface area contributed by atoms with E-state index in [1.54, 1.807) is 18.2 Å². The number of carbonyl (C=O) groups is 2. The van der Waals surface area contributed by atoms with Crippen LogP contribution in [0.15, 0.2) is 48.5 Å². The molecule has 26 heavy (non-hydrogen) atoms. The van der Waals surface area contributed by atoms with Gasteiger partial charge in [0.25, 0.3) is 5.91 Å². The van der Waals surface area contributed by atoms with Crippen LogP contribution in [-0.2, 0) is 17.6 Å². The van der Waals surface area contributed by atoms with E-state index in [0.717, 1.165) is 18.4 Å². The highest BCUT2D eigenvalue weighted by atomic mass is 16.2. The molecule has 138 valence electrons. The summed E-state index contributed by atoms with van der Waals surface area (Å²) in [7, 11) is 0. The summed E-state index contributed by atoms with van der Waals surface area (Å²) in [6.07, 6.45) is 2.93. The van der Waals surface area contributed by atoms with Crippen LogP contribution in [0.4, 0.5) is 5.69 Å². The van der Waals surface area contributed by atoms with Gasteiger partial charge >= 0.3 is 0 Å². The maximum absolute atomic E-state index is 12.4. The van der Waals surface area contributed by atoms with E-state index < -0.39 is 0 Å². The zero-order valence-corrected chi connectivity index (χ0v) is 15.8. The Kier molecular flexibility index (Phi) is 7.39. The van der Waals surface area contributed by atoms with Crippen molar-refractivity contribution in [2.24, 2.45) is 0 Å². The first kappa shape index (κ1) is 19.7. The number of aryl methyl sites for hydroxylation is 2. The van der Waals surface area contributed by atoms with Crippen LogP contribution in [0, 0.1) is 0 Å². The monoisotopic (exact) mass is 352 g/mol. The number of carbonyl (C=O) groups excluding carboxylic acids is 2. The fourth-order valence-corrected chi connectivity index (χ4v) is 2.61. The minimum atomic E-state index is -0.162. The Hall–Kier alpha value is -2.62. The Balaban J connectivity index is 1.96. The van der Waals surface area contributed by atoms with Crippen molar-refractivity contribution >= 4 is 17.5 Å². The molecule has 2 N–H and O–H groups in total. The van der Waals surface area contributed by atoms with Crippen LogP contribution in [0.1, 0.15) is 55.1 Å². The van der Waals surface area contributed by atoms with E-state index in [4.69, 9.17) is 0 Å². The van der Waals surface area contributed by atoms with Gasteiger partial charge in [0.05, 0.1) is 11.3 Å². The van der Waals surface area contributed by atoms with Gasteiger partial charge in [-0.25, -0.2) is 0 Å². The summed E-state index contributed by atoms with van der Waals surface area (Å²) in [5.74, 6) is -0.251. The fourth-order valence-electron chi connectivity index (χ4n) is 2.61. The van der Waals surface area contributed by atoms with E-state index in [0.29, 0.717) is 24.1 Å². The van der Waals surface area contributed by atoms with Gasteiger partial charge < -0.3 is 10.6 Å². The second-order valence-electron chi connectivity index (χ2n) is 6.55. The lowest BCUT2D eigenvalue weighted by Gasteiger charge is -2.14. The first-order valence-electron chi connectivity index (χ1n) is 9.31. The molecule has 2 aromatic carbocycles. The fraction of sp³-hybridized carbons (Fsp3) is 0.364. The Morgan fingerprint density at radius 2 is 1.62 bits per heavy atom. The maximum atomic E-state index is 12.4. The number of benzene rings is 2. The largest absolute Gasteiger partial charge is 0.350 e. The number of para-hydroxylation sites is 1. The summed E-state index contributed by atoms with van der Waals surface area (Å²) in [5.41, 5.74) is 3.48. The van der Waals surface area contributed by atoms with Crippen LogP contribution in [-0.4, -0.2) is 17.9 Å². The van der Waals surface area contributed by atoms with Crippen LogP contribution < -0.4 is 10.6 Å². The minimum Gasteiger partial charge on any atom is -0.350 e. The van der Waals surface area contributed by atoms with Gasteiger partial charge in [-0.2, -0.15) is 0 Å². The highest BCUT2D eigenvalue weighted by molar-refractivity contribution is 6.03. The van der Waals surface area contributed by atoms with Crippen molar-refractivity contribution in [3.8, 4) is 0 Å². The average Bonchev–Trinajstić information content (AvgIpc) is 2.67. The molecule has 0 radical (unpaired) electrons. The Morgan fingerprint density at radius 1 is 0.962 bits per heavy atom. The van der Waals surface area contributed by atoms with Crippen molar-refractivity contribution in [3.05, 3.63) is 65.2 Å². The molecule has 0 aliphatic rings. The first-order valence-corrected chi connectivity index (χ1v) is 9.31. The van der Waals surface area contributed by atoms with Gasteiger partial charge in [0, 0.05) is 12.5 Å². The summed E-state index contributed by atoms with van der Waals surface area (Å²) in [5, 5.41) is 5.81. The van der Waals surface area contributed by atoms with E-state index in [1.807, 2.05) is 19.9 Å². The third-order valence-corrected chi connectivity index (χ3v) is 4.51. The smallest absolute Gasteiger partial charge is 0.253 e. The second kappa shape index (κ2) is 9.76. The number of anilines is 1. The van der Waals surface area contributed by atoms with E-state index in [9.17, 15) is 9.59 Å². The molecule has 4 heteroatoms. The summed E-state index contributed by atoms with van der Waals surface area (Å²) < 4.78 is 0. The van der Waals surface area contributed by atoms with Crippen molar-refractivity contribution < 1.29 is 9.59 Å². The molecule has 0 bridgehead atoms. The Morgan fingerprint density at radius 3 is 2.27 bits per heavy atom. The van der Waals surface area contributed by atoms with Gasteiger partial charge in [0.1, 0.15) is 0 Å². The molecular weight excluding hydrogens is 324 g/mol. The topological polar surface area (TPSA) is 58.2 Å². The van der Waals surface area contributed by atoms with Gasteiger partial charge in [-0.15, -0.1) is 0 Å². The first-order chi connectivity index (χ1) is 12.5. The maximum Gasteiger partial charge on any atom is 0.253 e. The lowest BCUT2D eigenvalue weighted by molar-refractivity contribution is -0.116. The van der Waals surface area contributed by atoms with E-state index in [2.05, 4.69) is 41.8 Å². The number of hydrogen-bond acceptors (Lipinski definition) is 2. The SMILES string of the molecule is CCc1ccc(CCC(=O)Nc2ccccc2C(=O)NC(C)CC)cc1. The second-order valence-corrected chi connectivity index (χ2v) is 6.55. The summed E-state index contributed by atoms with van der Waals surface area (Å²) in [6, 6.07) is 15.5. The third kappa shape index (κ3) is 5.73. The lowest BCUT2D eigenvalue weighted by Crippen LogP contribution is -2.32. The lowest BCUT2D eigenvalue weighted by atomic mass is 10.1. The Bertz CT molecular complexity index is 738. The van der Waals surface area contributed by atoms with Crippen LogP contribution in [0.3, 0.4) is 0 Å². The van der Waals surface area contributed by atoms with Gasteiger partial charge in [-0.05, 0) is 49.4 Å². The van der Waals surface area contributed by atoms with Crippen LogP contribution in [0.25, 0.3) is 0 Å². The molecule has 0 saturated carbocycles. The highest BCUT2D eigenvalue weighted by Gasteiger charge is 2.14. The average molecular weight is 352 g/mol.